The van der Waals surface area contributed by atoms with Crippen LogP contribution in [0.4, 0.5) is 0 Å². The second kappa shape index (κ2) is 5.86. The summed E-state index contributed by atoms with van der Waals surface area (Å²) < 4.78 is 5.09. The third-order valence-corrected chi connectivity index (χ3v) is 2.62. The molecule has 0 unspecified atom stereocenters. The highest BCUT2D eigenvalue weighted by atomic mass is 16.4. The Morgan fingerprint density at radius 1 is 1.16 bits per heavy atom. The lowest BCUT2D eigenvalue weighted by Gasteiger charge is -2.13. The summed E-state index contributed by atoms with van der Waals surface area (Å²) in [5, 5.41) is 11.6. The van der Waals surface area contributed by atoms with Gasteiger partial charge in [0.2, 0.25) is 0 Å². The number of carbonyl (C=O) groups is 2. The smallest absolute Gasteiger partial charge is 0.326 e. The highest BCUT2D eigenvalue weighted by Gasteiger charge is 2.22. The van der Waals surface area contributed by atoms with Gasteiger partial charge < -0.3 is 14.8 Å². The van der Waals surface area contributed by atoms with E-state index in [0.717, 1.165) is 0 Å². The summed E-state index contributed by atoms with van der Waals surface area (Å²) in [4.78, 5) is 23.0. The van der Waals surface area contributed by atoms with Gasteiger partial charge in [-0.15, -0.1) is 0 Å². The number of carbonyl (C=O) groups excluding carboxylic acids is 1. The fourth-order valence-electron chi connectivity index (χ4n) is 1.66. The molecule has 2 aromatic rings. The van der Waals surface area contributed by atoms with E-state index in [0.29, 0.717) is 11.3 Å². The van der Waals surface area contributed by atoms with Crippen LogP contribution in [-0.4, -0.2) is 23.0 Å². The number of benzene rings is 1. The number of rotatable bonds is 5. The van der Waals surface area contributed by atoms with Crippen molar-refractivity contribution in [3.8, 4) is 0 Å². The molecule has 1 aromatic heterocycles. The van der Waals surface area contributed by atoms with Crippen LogP contribution in [0.15, 0.2) is 53.1 Å². The molecule has 0 radical (unpaired) electrons. The quantitative estimate of drug-likeness (QED) is 0.856. The minimum absolute atomic E-state index is 0.112. The molecule has 0 spiro atoms. The molecule has 0 saturated carbocycles. The van der Waals surface area contributed by atoms with Crippen LogP contribution < -0.4 is 5.32 Å². The third kappa shape index (κ3) is 3.45. The molecule has 0 aliphatic rings. The Balaban J connectivity index is 2.05. The predicted molar refractivity (Wildman–Crippen MR) is 67.7 cm³/mol. The van der Waals surface area contributed by atoms with Gasteiger partial charge in [0.05, 0.1) is 6.26 Å². The summed E-state index contributed by atoms with van der Waals surface area (Å²) in [6.07, 6.45) is 1.58. The molecule has 19 heavy (non-hydrogen) atoms. The van der Waals surface area contributed by atoms with E-state index in [1.165, 1.54) is 6.26 Å². The van der Waals surface area contributed by atoms with Crippen LogP contribution in [0.2, 0.25) is 0 Å². The molecule has 98 valence electrons. The lowest BCUT2D eigenvalue weighted by Crippen LogP contribution is -2.42. The zero-order chi connectivity index (χ0) is 13.7. The third-order valence-electron chi connectivity index (χ3n) is 2.62. The van der Waals surface area contributed by atoms with Gasteiger partial charge in [-0.3, -0.25) is 4.79 Å². The maximum atomic E-state index is 11.9. The molecule has 1 heterocycles. The van der Waals surface area contributed by atoms with E-state index < -0.39 is 17.9 Å². The Kier molecular flexibility index (Phi) is 3.97. The van der Waals surface area contributed by atoms with Gasteiger partial charge in [-0.1, -0.05) is 18.2 Å². The molecule has 0 aliphatic carbocycles. The Morgan fingerprint density at radius 3 is 2.47 bits per heavy atom. The Hall–Kier alpha value is -2.56. The van der Waals surface area contributed by atoms with Crippen LogP contribution in [-0.2, 0) is 11.2 Å². The molecule has 5 heteroatoms. The van der Waals surface area contributed by atoms with Gasteiger partial charge in [0.15, 0.2) is 0 Å². The number of carboxylic acid groups (broad SMARTS) is 1. The van der Waals surface area contributed by atoms with E-state index >= 15 is 0 Å². The lowest BCUT2D eigenvalue weighted by molar-refractivity contribution is -0.139. The van der Waals surface area contributed by atoms with Crippen LogP contribution in [0, 0.1) is 0 Å². The first-order chi connectivity index (χ1) is 9.16. The average Bonchev–Trinajstić information content (AvgIpc) is 2.91. The first-order valence-electron chi connectivity index (χ1n) is 5.78. The van der Waals surface area contributed by atoms with Crippen molar-refractivity contribution < 1.29 is 19.1 Å². The van der Waals surface area contributed by atoms with Crippen LogP contribution in [0.25, 0.3) is 0 Å². The first kappa shape index (κ1) is 12.9. The number of nitrogens with one attached hydrogen (secondary N) is 1. The van der Waals surface area contributed by atoms with Crippen molar-refractivity contribution in [2.24, 2.45) is 0 Å². The lowest BCUT2D eigenvalue weighted by atomic mass is 10.1. The molecule has 0 bridgehead atoms. The summed E-state index contributed by atoms with van der Waals surface area (Å²) in [7, 11) is 0. The van der Waals surface area contributed by atoms with E-state index in [2.05, 4.69) is 5.32 Å². The Morgan fingerprint density at radius 2 is 1.89 bits per heavy atom. The van der Waals surface area contributed by atoms with Gasteiger partial charge in [0.1, 0.15) is 11.8 Å². The van der Waals surface area contributed by atoms with Crippen molar-refractivity contribution in [1.82, 2.24) is 5.32 Å². The summed E-state index contributed by atoms with van der Waals surface area (Å²) in [6, 6.07) is 10.8. The van der Waals surface area contributed by atoms with Crippen LogP contribution in [0.1, 0.15) is 16.1 Å². The van der Waals surface area contributed by atoms with Gasteiger partial charge in [-0.25, -0.2) is 4.79 Å². The van der Waals surface area contributed by atoms with Crippen molar-refractivity contribution in [3.63, 3.8) is 0 Å². The number of furan rings is 1. The van der Waals surface area contributed by atoms with Crippen molar-refractivity contribution in [2.45, 2.75) is 12.5 Å². The molecule has 0 fully saturated rings. The molecular formula is C14H13NO4. The largest absolute Gasteiger partial charge is 0.480 e. The minimum atomic E-state index is -1.10. The standard InChI is InChI=1S/C14H13NO4/c16-13(10-5-2-1-3-6-10)15-12(14(17)18)9-11-7-4-8-19-11/h1-8,12H,9H2,(H,15,16)(H,17,18)/t12-/m0/s1. The average molecular weight is 259 g/mol. The zero-order valence-corrected chi connectivity index (χ0v) is 10.1. The van der Waals surface area contributed by atoms with Crippen molar-refractivity contribution in [1.29, 1.82) is 0 Å². The highest BCUT2D eigenvalue weighted by Crippen LogP contribution is 2.06. The maximum Gasteiger partial charge on any atom is 0.326 e. The van der Waals surface area contributed by atoms with Crippen LogP contribution in [0.5, 0.6) is 0 Å². The molecule has 1 aromatic carbocycles. The molecule has 5 nitrogen and oxygen atoms in total. The fraction of sp³-hybridized carbons (Fsp3) is 0.143. The SMILES string of the molecule is O=C(N[C@@H](Cc1ccco1)C(=O)O)c1ccccc1. The molecule has 0 aliphatic heterocycles. The molecule has 2 N–H and O–H groups in total. The molecule has 1 atom stereocenters. The number of aliphatic carboxylic acids is 1. The first-order valence-corrected chi connectivity index (χ1v) is 5.78. The number of hydrogen-bond donors (Lipinski definition) is 2. The maximum absolute atomic E-state index is 11.9. The molecule has 0 saturated heterocycles. The highest BCUT2D eigenvalue weighted by molar-refractivity contribution is 5.96. The van der Waals surface area contributed by atoms with Crippen molar-refractivity contribution >= 4 is 11.9 Å². The number of carboxylic acids is 1. The Labute approximate surface area is 109 Å². The van der Waals surface area contributed by atoms with Gasteiger partial charge in [-0.05, 0) is 24.3 Å². The topological polar surface area (TPSA) is 79.5 Å². The van der Waals surface area contributed by atoms with E-state index in [9.17, 15) is 9.59 Å². The number of hydrogen-bond acceptors (Lipinski definition) is 3. The van der Waals surface area contributed by atoms with Gasteiger partial charge in [0, 0.05) is 12.0 Å². The van der Waals surface area contributed by atoms with Crippen molar-refractivity contribution in [3.05, 3.63) is 60.1 Å². The van der Waals surface area contributed by atoms with E-state index in [4.69, 9.17) is 9.52 Å². The summed E-state index contributed by atoms with van der Waals surface area (Å²) in [6.45, 7) is 0. The second-order valence-electron chi connectivity index (χ2n) is 4.01. The van der Waals surface area contributed by atoms with Crippen LogP contribution in [0.3, 0.4) is 0 Å². The second-order valence-corrected chi connectivity index (χ2v) is 4.01. The van der Waals surface area contributed by atoms with E-state index in [1.807, 2.05) is 0 Å². The summed E-state index contributed by atoms with van der Waals surface area (Å²) >= 11 is 0. The zero-order valence-electron chi connectivity index (χ0n) is 10.1. The van der Waals surface area contributed by atoms with Crippen LogP contribution >= 0.6 is 0 Å². The normalized spacial score (nSPS) is 11.8. The molecule has 2 rings (SSSR count). The monoisotopic (exact) mass is 259 g/mol. The predicted octanol–water partition coefficient (Wildman–Crippen LogP) is 1.71. The Bertz CT molecular complexity index is 548. The molecule has 1 amide bonds. The van der Waals surface area contributed by atoms with E-state index in [1.54, 1.807) is 42.5 Å². The van der Waals surface area contributed by atoms with E-state index in [-0.39, 0.29) is 6.42 Å². The summed E-state index contributed by atoms with van der Waals surface area (Å²) in [5.41, 5.74) is 0.424. The van der Waals surface area contributed by atoms with Gasteiger partial charge >= 0.3 is 5.97 Å². The number of amides is 1. The summed E-state index contributed by atoms with van der Waals surface area (Å²) in [5.74, 6) is -0.999. The van der Waals surface area contributed by atoms with Gasteiger partial charge in [0.25, 0.3) is 5.91 Å². The van der Waals surface area contributed by atoms with Crippen molar-refractivity contribution in [2.75, 3.05) is 0 Å². The minimum Gasteiger partial charge on any atom is -0.480 e. The fourth-order valence-corrected chi connectivity index (χ4v) is 1.66. The van der Waals surface area contributed by atoms with Gasteiger partial charge in [-0.2, -0.15) is 0 Å². The molecular weight excluding hydrogens is 246 g/mol.